The third kappa shape index (κ3) is 5.06. The first-order chi connectivity index (χ1) is 9.47. The summed E-state index contributed by atoms with van der Waals surface area (Å²) in [5.74, 6) is 0.284. The third-order valence-electron chi connectivity index (χ3n) is 4.22. The zero-order valence-corrected chi connectivity index (χ0v) is 14.0. The Bertz CT molecular complexity index is 283. The van der Waals surface area contributed by atoms with E-state index in [0.717, 1.165) is 19.5 Å². The zero-order chi connectivity index (χ0) is 15.1. The molecule has 0 radical (unpaired) electrons. The smallest absolute Gasteiger partial charge is 0.237 e. The van der Waals surface area contributed by atoms with Crippen LogP contribution in [0.5, 0.6) is 0 Å². The quantitative estimate of drug-likeness (QED) is 0.777. The summed E-state index contributed by atoms with van der Waals surface area (Å²) in [5.41, 5.74) is 0. The second-order valence-electron chi connectivity index (χ2n) is 6.50. The number of amides is 1. The van der Waals surface area contributed by atoms with Crippen LogP contribution in [0.3, 0.4) is 0 Å². The van der Waals surface area contributed by atoms with Crippen LogP contribution in [0.4, 0.5) is 0 Å². The van der Waals surface area contributed by atoms with Gasteiger partial charge in [0.1, 0.15) is 0 Å². The molecule has 1 fully saturated rings. The molecule has 1 unspecified atom stereocenters. The van der Waals surface area contributed by atoms with Crippen molar-refractivity contribution >= 4 is 5.91 Å². The summed E-state index contributed by atoms with van der Waals surface area (Å²) in [6.07, 6.45) is 4.91. The Hall–Kier alpha value is -0.610. The highest BCUT2D eigenvalue weighted by atomic mass is 16.2. The van der Waals surface area contributed by atoms with Crippen molar-refractivity contribution in [3.63, 3.8) is 0 Å². The van der Waals surface area contributed by atoms with Gasteiger partial charge in [-0.3, -0.25) is 9.69 Å². The van der Waals surface area contributed by atoms with E-state index in [-0.39, 0.29) is 18.0 Å². The number of hydrogen-bond acceptors (Lipinski definition) is 3. The maximum atomic E-state index is 12.6. The Labute approximate surface area is 124 Å². The first kappa shape index (κ1) is 17.4. The molecule has 0 spiro atoms. The van der Waals surface area contributed by atoms with Crippen molar-refractivity contribution in [3.8, 4) is 0 Å². The van der Waals surface area contributed by atoms with Crippen molar-refractivity contribution in [2.75, 3.05) is 26.7 Å². The van der Waals surface area contributed by atoms with E-state index in [2.05, 4.69) is 37.9 Å². The summed E-state index contributed by atoms with van der Waals surface area (Å²) in [7, 11) is 2.00. The average molecular weight is 283 g/mol. The van der Waals surface area contributed by atoms with Gasteiger partial charge in [0.25, 0.3) is 0 Å². The van der Waals surface area contributed by atoms with Gasteiger partial charge >= 0.3 is 0 Å². The standard InChI is InChI=1S/C16H33N3O/c1-13(2)19(14(3)4)16(20)12-18-11-7-6-8-15(18)9-10-17-5/h13-15,17H,6-12H2,1-5H3. The van der Waals surface area contributed by atoms with Crippen LogP contribution in [0.25, 0.3) is 0 Å². The lowest BCUT2D eigenvalue weighted by Crippen LogP contribution is -2.50. The molecule has 1 amide bonds. The van der Waals surface area contributed by atoms with Crippen molar-refractivity contribution in [1.82, 2.24) is 15.1 Å². The van der Waals surface area contributed by atoms with E-state index in [0.29, 0.717) is 12.6 Å². The van der Waals surface area contributed by atoms with Gasteiger partial charge in [0.05, 0.1) is 6.54 Å². The predicted molar refractivity (Wildman–Crippen MR) is 84.9 cm³/mol. The Morgan fingerprint density at radius 3 is 2.45 bits per heavy atom. The molecule has 1 heterocycles. The van der Waals surface area contributed by atoms with Crippen LogP contribution >= 0.6 is 0 Å². The maximum absolute atomic E-state index is 12.6. The lowest BCUT2D eigenvalue weighted by Gasteiger charge is -2.38. The normalized spacial score (nSPS) is 20.6. The minimum Gasteiger partial charge on any atom is -0.337 e. The summed E-state index contributed by atoms with van der Waals surface area (Å²) >= 11 is 0. The van der Waals surface area contributed by atoms with Gasteiger partial charge in [-0.15, -0.1) is 0 Å². The van der Waals surface area contributed by atoms with Crippen LogP contribution in [0.15, 0.2) is 0 Å². The van der Waals surface area contributed by atoms with Gasteiger partial charge in [0.15, 0.2) is 0 Å². The van der Waals surface area contributed by atoms with Gasteiger partial charge in [-0.2, -0.15) is 0 Å². The molecule has 1 saturated heterocycles. The lowest BCUT2D eigenvalue weighted by molar-refractivity contribution is -0.137. The highest BCUT2D eigenvalue weighted by Crippen LogP contribution is 2.20. The topological polar surface area (TPSA) is 35.6 Å². The fraction of sp³-hybridized carbons (Fsp3) is 0.938. The summed E-state index contributed by atoms with van der Waals surface area (Å²) in [4.78, 5) is 17.0. The van der Waals surface area contributed by atoms with E-state index in [1.807, 2.05) is 11.9 Å². The largest absolute Gasteiger partial charge is 0.337 e. The monoisotopic (exact) mass is 283 g/mol. The number of likely N-dealkylation sites (tertiary alicyclic amines) is 1. The Kier molecular flexibility index (Phi) is 7.52. The second kappa shape index (κ2) is 8.63. The predicted octanol–water partition coefficient (Wildman–Crippen LogP) is 2.10. The number of nitrogens with zero attached hydrogens (tertiary/aromatic N) is 2. The molecular formula is C16H33N3O. The van der Waals surface area contributed by atoms with Crippen molar-refractivity contribution in [2.24, 2.45) is 0 Å². The van der Waals surface area contributed by atoms with Gasteiger partial charge in [-0.1, -0.05) is 6.42 Å². The van der Waals surface area contributed by atoms with E-state index < -0.39 is 0 Å². The molecule has 1 N–H and O–H groups in total. The number of carbonyl (C=O) groups is 1. The molecule has 1 rings (SSSR count). The Balaban J connectivity index is 2.60. The van der Waals surface area contributed by atoms with Crippen LogP contribution in [0, 0.1) is 0 Å². The van der Waals surface area contributed by atoms with Crippen molar-refractivity contribution in [1.29, 1.82) is 0 Å². The summed E-state index contributed by atoms with van der Waals surface area (Å²) in [6, 6.07) is 1.13. The number of hydrogen-bond donors (Lipinski definition) is 1. The summed E-state index contributed by atoms with van der Waals surface area (Å²) in [6.45, 7) is 11.1. The molecule has 0 aromatic heterocycles. The van der Waals surface area contributed by atoms with Crippen molar-refractivity contribution in [3.05, 3.63) is 0 Å². The van der Waals surface area contributed by atoms with E-state index >= 15 is 0 Å². The first-order valence-corrected chi connectivity index (χ1v) is 8.17. The van der Waals surface area contributed by atoms with E-state index in [1.54, 1.807) is 0 Å². The molecule has 118 valence electrons. The fourth-order valence-electron chi connectivity index (χ4n) is 3.33. The molecule has 0 aliphatic carbocycles. The molecule has 0 aromatic rings. The molecule has 1 aliphatic heterocycles. The van der Waals surface area contributed by atoms with Crippen molar-refractivity contribution in [2.45, 2.75) is 71.5 Å². The van der Waals surface area contributed by atoms with Crippen LogP contribution in [0.2, 0.25) is 0 Å². The molecule has 0 aromatic carbocycles. The molecule has 0 saturated carbocycles. The highest BCUT2D eigenvalue weighted by molar-refractivity contribution is 5.78. The minimum atomic E-state index is 0.281. The second-order valence-corrected chi connectivity index (χ2v) is 6.50. The number of rotatable bonds is 7. The zero-order valence-electron chi connectivity index (χ0n) is 14.0. The summed E-state index contributed by atoms with van der Waals surface area (Å²) < 4.78 is 0. The Morgan fingerprint density at radius 1 is 1.25 bits per heavy atom. The SMILES string of the molecule is CNCCC1CCCCN1CC(=O)N(C(C)C)C(C)C. The lowest BCUT2D eigenvalue weighted by atomic mass is 9.99. The van der Waals surface area contributed by atoms with Gasteiger partial charge in [0, 0.05) is 18.1 Å². The van der Waals surface area contributed by atoms with Crippen LogP contribution < -0.4 is 5.32 Å². The maximum Gasteiger partial charge on any atom is 0.237 e. The van der Waals surface area contributed by atoms with Crippen LogP contribution in [0.1, 0.15) is 53.4 Å². The van der Waals surface area contributed by atoms with Gasteiger partial charge in [-0.25, -0.2) is 0 Å². The molecule has 0 bridgehead atoms. The minimum absolute atomic E-state index is 0.281. The molecule has 20 heavy (non-hydrogen) atoms. The van der Waals surface area contributed by atoms with Gasteiger partial charge < -0.3 is 10.2 Å². The van der Waals surface area contributed by atoms with Crippen LogP contribution in [-0.2, 0) is 4.79 Å². The van der Waals surface area contributed by atoms with E-state index in [4.69, 9.17) is 0 Å². The number of piperidine rings is 1. The Morgan fingerprint density at radius 2 is 1.90 bits per heavy atom. The molecule has 4 heteroatoms. The highest BCUT2D eigenvalue weighted by Gasteiger charge is 2.27. The van der Waals surface area contributed by atoms with Gasteiger partial charge in [-0.05, 0) is 67.1 Å². The average Bonchev–Trinajstić information content (AvgIpc) is 2.36. The van der Waals surface area contributed by atoms with Crippen molar-refractivity contribution < 1.29 is 4.79 Å². The number of carbonyl (C=O) groups excluding carboxylic acids is 1. The number of nitrogens with one attached hydrogen (secondary N) is 1. The van der Waals surface area contributed by atoms with Crippen LogP contribution in [-0.4, -0.2) is 60.5 Å². The first-order valence-electron chi connectivity index (χ1n) is 8.17. The summed E-state index contributed by atoms with van der Waals surface area (Å²) in [5, 5.41) is 3.23. The third-order valence-corrected chi connectivity index (χ3v) is 4.22. The molecule has 1 atom stereocenters. The molecule has 1 aliphatic rings. The molecular weight excluding hydrogens is 250 g/mol. The van der Waals surface area contributed by atoms with E-state index in [1.165, 1.54) is 19.3 Å². The van der Waals surface area contributed by atoms with Gasteiger partial charge in [0.2, 0.25) is 5.91 Å². The molecule has 4 nitrogen and oxygen atoms in total. The fourth-order valence-corrected chi connectivity index (χ4v) is 3.33. The van der Waals surface area contributed by atoms with E-state index in [9.17, 15) is 4.79 Å².